The topological polar surface area (TPSA) is 49.7 Å². The molecule has 3 nitrogen and oxygen atoms in total. The molecule has 2 aromatic rings. The van der Waals surface area contributed by atoms with E-state index >= 15 is 0 Å². The van der Waals surface area contributed by atoms with E-state index in [0.717, 1.165) is 5.56 Å². The molecule has 0 fully saturated rings. The minimum Gasteiger partial charge on any atom is -0.504 e. The molecule has 2 N–H and O–H groups in total. The zero-order valence-corrected chi connectivity index (χ0v) is 9.55. The van der Waals surface area contributed by atoms with E-state index in [1.807, 2.05) is 30.3 Å². The van der Waals surface area contributed by atoms with E-state index in [-0.39, 0.29) is 11.5 Å². The first-order valence-corrected chi connectivity index (χ1v) is 5.36. The van der Waals surface area contributed by atoms with Crippen LogP contribution in [0.4, 0.5) is 0 Å². The lowest BCUT2D eigenvalue weighted by atomic mass is 10.2. The van der Waals surface area contributed by atoms with Crippen molar-refractivity contribution < 1.29 is 14.9 Å². The molecule has 0 radical (unpaired) electrons. The molecule has 0 amide bonds. The first kappa shape index (κ1) is 11.3. The number of aromatic hydroxyl groups is 2. The maximum Gasteiger partial charge on any atom is 0.164 e. The van der Waals surface area contributed by atoms with Crippen molar-refractivity contribution in [2.75, 3.05) is 0 Å². The summed E-state index contributed by atoms with van der Waals surface area (Å²) >= 11 is 0. The van der Waals surface area contributed by atoms with Gasteiger partial charge in [-0.1, -0.05) is 30.3 Å². The average molecular weight is 230 g/mol. The molecule has 0 aromatic heterocycles. The number of rotatable bonds is 3. The Morgan fingerprint density at radius 3 is 2.41 bits per heavy atom. The highest BCUT2D eigenvalue weighted by molar-refractivity contribution is 5.51. The molecular weight excluding hydrogens is 216 g/mol. The fourth-order valence-electron chi connectivity index (χ4n) is 1.56. The third kappa shape index (κ3) is 2.50. The number of ether oxygens (including phenoxy) is 1. The Hall–Kier alpha value is -2.16. The summed E-state index contributed by atoms with van der Waals surface area (Å²) in [5.41, 5.74) is 1.60. The molecule has 0 saturated heterocycles. The normalized spacial score (nSPS) is 10.2. The van der Waals surface area contributed by atoms with Crippen LogP contribution in [0.5, 0.6) is 17.2 Å². The van der Waals surface area contributed by atoms with E-state index in [2.05, 4.69) is 0 Å². The van der Waals surface area contributed by atoms with Crippen molar-refractivity contribution in [2.45, 2.75) is 13.5 Å². The van der Waals surface area contributed by atoms with Gasteiger partial charge in [0.2, 0.25) is 0 Å². The smallest absolute Gasteiger partial charge is 0.164 e. The van der Waals surface area contributed by atoms with Crippen LogP contribution in [0, 0.1) is 6.92 Å². The summed E-state index contributed by atoms with van der Waals surface area (Å²) in [6.07, 6.45) is 0. The van der Waals surface area contributed by atoms with Crippen molar-refractivity contribution in [3.05, 3.63) is 53.6 Å². The minimum absolute atomic E-state index is 0.129. The fourth-order valence-corrected chi connectivity index (χ4v) is 1.56. The molecule has 0 spiro atoms. The van der Waals surface area contributed by atoms with Crippen molar-refractivity contribution >= 4 is 0 Å². The standard InChI is InChI=1S/C14H14O3/c1-10-13(8-7-12(15)14(10)16)17-9-11-5-3-2-4-6-11/h2-8,15-16H,9H2,1H3. The van der Waals surface area contributed by atoms with Crippen LogP contribution in [0.25, 0.3) is 0 Å². The van der Waals surface area contributed by atoms with E-state index in [9.17, 15) is 10.2 Å². The Morgan fingerprint density at radius 2 is 1.71 bits per heavy atom. The molecule has 0 heterocycles. The van der Waals surface area contributed by atoms with E-state index in [1.165, 1.54) is 6.07 Å². The Bertz CT molecular complexity index is 506. The second-order valence-corrected chi connectivity index (χ2v) is 3.83. The van der Waals surface area contributed by atoms with Crippen molar-refractivity contribution in [2.24, 2.45) is 0 Å². The fraction of sp³-hybridized carbons (Fsp3) is 0.143. The Labute approximate surface area is 99.9 Å². The van der Waals surface area contributed by atoms with Gasteiger partial charge in [-0.2, -0.15) is 0 Å². The van der Waals surface area contributed by atoms with Gasteiger partial charge in [-0.25, -0.2) is 0 Å². The monoisotopic (exact) mass is 230 g/mol. The van der Waals surface area contributed by atoms with Gasteiger partial charge in [0, 0.05) is 5.56 Å². The highest BCUT2D eigenvalue weighted by atomic mass is 16.5. The molecule has 3 heteroatoms. The van der Waals surface area contributed by atoms with Crippen LogP contribution in [0.2, 0.25) is 0 Å². The van der Waals surface area contributed by atoms with Gasteiger partial charge >= 0.3 is 0 Å². The molecule has 0 bridgehead atoms. The number of phenols is 2. The molecule has 0 aliphatic carbocycles. The quantitative estimate of drug-likeness (QED) is 0.797. The lowest BCUT2D eigenvalue weighted by Gasteiger charge is -2.11. The highest BCUT2D eigenvalue weighted by Gasteiger charge is 2.08. The van der Waals surface area contributed by atoms with Gasteiger partial charge in [-0.3, -0.25) is 0 Å². The number of hydrogen-bond donors (Lipinski definition) is 2. The molecule has 0 atom stereocenters. The van der Waals surface area contributed by atoms with Crippen LogP contribution >= 0.6 is 0 Å². The summed E-state index contributed by atoms with van der Waals surface area (Å²) in [5.74, 6) is 0.314. The van der Waals surface area contributed by atoms with E-state index in [0.29, 0.717) is 17.9 Å². The van der Waals surface area contributed by atoms with Crippen LogP contribution in [0.15, 0.2) is 42.5 Å². The minimum atomic E-state index is -0.130. The molecule has 2 rings (SSSR count). The summed E-state index contributed by atoms with van der Waals surface area (Å²) in [6, 6.07) is 12.8. The number of hydrogen-bond acceptors (Lipinski definition) is 3. The zero-order valence-electron chi connectivity index (χ0n) is 9.55. The lowest BCUT2D eigenvalue weighted by Crippen LogP contribution is -1.96. The second kappa shape index (κ2) is 4.78. The first-order chi connectivity index (χ1) is 8.18. The third-order valence-corrected chi connectivity index (χ3v) is 2.60. The molecular formula is C14H14O3. The van der Waals surface area contributed by atoms with Crippen LogP contribution in [0.1, 0.15) is 11.1 Å². The van der Waals surface area contributed by atoms with Crippen molar-refractivity contribution in [3.63, 3.8) is 0 Å². The summed E-state index contributed by atoms with van der Waals surface area (Å²) in [4.78, 5) is 0. The van der Waals surface area contributed by atoms with Crippen molar-refractivity contribution in [1.29, 1.82) is 0 Å². The van der Waals surface area contributed by atoms with E-state index < -0.39 is 0 Å². The summed E-state index contributed by atoms with van der Waals surface area (Å²) < 4.78 is 5.59. The van der Waals surface area contributed by atoms with Gasteiger partial charge in [-0.15, -0.1) is 0 Å². The summed E-state index contributed by atoms with van der Waals surface area (Å²) in [7, 11) is 0. The maximum absolute atomic E-state index is 9.55. The van der Waals surface area contributed by atoms with Gasteiger partial charge in [0.15, 0.2) is 11.5 Å². The highest BCUT2D eigenvalue weighted by Crippen LogP contribution is 2.34. The molecule has 2 aromatic carbocycles. The second-order valence-electron chi connectivity index (χ2n) is 3.83. The lowest BCUT2D eigenvalue weighted by molar-refractivity contribution is 0.300. The first-order valence-electron chi connectivity index (χ1n) is 5.36. The molecule has 0 aliphatic rings. The van der Waals surface area contributed by atoms with E-state index in [1.54, 1.807) is 13.0 Å². The Morgan fingerprint density at radius 1 is 1.00 bits per heavy atom. The molecule has 0 aliphatic heterocycles. The van der Waals surface area contributed by atoms with Gasteiger partial charge in [0.1, 0.15) is 12.4 Å². The Balaban J connectivity index is 2.13. The predicted molar refractivity (Wildman–Crippen MR) is 65.3 cm³/mol. The van der Waals surface area contributed by atoms with Crippen molar-refractivity contribution in [3.8, 4) is 17.2 Å². The van der Waals surface area contributed by atoms with Crippen LogP contribution in [-0.2, 0) is 6.61 Å². The van der Waals surface area contributed by atoms with Gasteiger partial charge < -0.3 is 14.9 Å². The number of benzene rings is 2. The maximum atomic E-state index is 9.55. The van der Waals surface area contributed by atoms with Gasteiger partial charge in [0.05, 0.1) is 0 Å². The van der Waals surface area contributed by atoms with E-state index in [4.69, 9.17) is 4.74 Å². The summed E-state index contributed by atoms with van der Waals surface area (Å²) in [5, 5.41) is 18.9. The predicted octanol–water partition coefficient (Wildman–Crippen LogP) is 2.99. The average Bonchev–Trinajstić information content (AvgIpc) is 2.36. The largest absolute Gasteiger partial charge is 0.504 e. The third-order valence-electron chi connectivity index (χ3n) is 2.60. The van der Waals surface area contributed by atoms with Gasteiger partial charge in [-0.05, 0) is 24.6 Å². The molecule has 0 unspecified atom stereocenters. The molecule has 0 saturated carbocycles. The number of phenolic OH excluding ortho intramolecular Hbond substituents is 2. The zero-order chi connectivity index (χ0) is 12.3. The van der Waals surface area contributed by atoms with Crippen molar-refractivity contribution in [1.82, 2.24) is 0 Å². The summed E-state index contributed by atoms with van der Waals surface area (Å²) in [6.45, 7) is 2.14. The van der Waals surface area contributed by atoms with Crippen LogP contribution < -0.4 is 4.74 Å². The molecule has 88 valence electrons. The van der Waals surface area contributed by atoms with Gasteiger partial charge in [0.25, 0.3) is 0 Å². The molecule has 17 heavy (non-hydrogen) atoms. The van der Waals surface area contributed by atoms with Crippen LogP contribution in [-0.4, -0.2) is 10.2 Å². The SMILES string of the molecule is Cc1c(OCc2ccccc2)ccc(O)c1O. The Kier molecular flexibility index (Phi) is 3.19. The van der Waals surface area contributed by atoms with Crippen LogP contribution in [0.3, 0.4) is 0 Å².